The summed E-state index contributed by atoms with van der Waals surface area (Å²) in [6.07, 6.45) is -0.367. The summed E-state index contributed by atoms with van der Waals surface area (Å²) in [4.78, 5) is 11.5. The molecule has 0 N–H and O–H groups in total. The molecule has 1 saturated heterocycles. The van der Waals surface area contributed by atoms with Crippen LogP contribution in [0.15, 0.2) is 30.3 Å². The molecular weight excluding hydrogens is 244 g/mol. The van der Waals surface area contributed by atoms with Crippen molar-refractivity contribution in [3.05, 3.63) is 35.9 Å². The maximum absolute atomic E-state index is 11.5. The van der Waals surface area contributed by atoms with Crippen molar-refractivity contribution in [3.63, 3.8) is 0 Å². The van der Waals surface area contributed by atoms with E-state index in [0.717, 1.165) is 5.56 Å². The Balaban J connectivity index is 2.18. The fourth-order valence-electron chi connectivity index (χ4n) is 2.23. The Morgan fingerprint density at radius 2 is 1.79 bits per heavy atom. The molecule has 0 amide bonds. The highest BCUT2D eigenvalue weighted by atomic mass is 16.6. The summed E-state index contributed by atoms with van der Waals surface area (Å²) < 4.78 is 16.6. The number of methoxy groups -OCH3 is 1. The molecule has 0 spiro atoms. The average Bonchev–Trinajstić information content (AvgIpc) is 2.43. The lowest BCUT2D eigenvalue weighted by Crippen LogP contribution is -2.43. The second-order valence-electron chi connectivity index (χ2n) is 4.83. The van der Waals surface area contributed by atoms with E-state index in [-0.39, 0.29) is 36.8 Å². The van der Waals surface area contributed by atoms with Crippen LogP contribution < -0.4 is 0 Å². The number of hydrogen-bond donors (Lipinski definition) is 0. The molecule has 2 rings (SSSR count). The van der Waals surface area contributed by atoms with Gasteiger partial charge in [0.05, 0.1) is 31.8 Å². The smallest absolute Gasteiger partial charge is 0.308 e. The number of carbonyl (C=O) groups is 1. The lowest BCUT2D eigenvalue weighted by molar-refractivity contribution is -0.216. The first-order valence-electron chi connectivity index (χ1n) is 6.54. The molecule has 0 aromatic heterocycles. The fourth-order valence-corrected chi connectivity index (χ4v) is 2.23. The molecule has 1 heterocycles. The molecule has 0 aliphatic carbocycles. The highest BCUT2D eigenvalue weighted by Gasteiger charge is 2.36. The lowest BCUT2D eigenvalue weighted by Gasteiger charge is -2.39. The van der Waals surface area contributed by atoms with E-state index >= 15 is 0 Å². The van der Waals surface area contributed by atoms with Gasteiger partial charge in [-0.05, 0) is 19.4 Å². The van der Waals surface area contributed by atoms with E-state index in [0.29, 0.717) is 0 Å². The van der Waals surface area contributed by atoms with Crippen LogP contribution in [0.4, 0.5) is 0 Å². The minimum absolute atomic E-state index is 0.000830. The summed E-state index contributed by atoms with van der Waals surface area (Å²) in [5.74, 6) is -0.281. The molecule has 4 heteroatoms. The van der Waals surface area contributed by atoms with Gasteiger partial charge in [0.2, 0.25) is 0 Å². The maximum Gasteiger partial charge on any atom is 0.308 e. The zero-order chi connectivity index (χ0) is 13.8. The molecule has 1 aromatic carbocycles. The molecule has 4 nitrogen and oxygen atoms in total. The highest BCUT2D eigenvalue weighted by Crippen LogP contribution is 2.33. The minimum atomic E-state index is -0.305. The van der Waals surface area contributed by atoms with Crippen LogP contribution in [-0.2, 0) is 19.0 Å². The Hall–Kier alpha value is -1.39. The van der Waals surface area contributed by atoms with Gasteiger partial charge in [-0.15, -0.1) is 0 Å². The van der Waals surface area contributed by atoms with Gasteiger partial charge < -0.3 is 14.2 Å². The van der Waals surface area contributed by atoms with E-state index in [1.807, 2.05) is 44.2 Å². The van der Waals surface area contributed by atoms with Crippen molar-refractivity contribution in [2.24, 2.45) is 0 Å². The van der Waals surface area contributed by atoms with E-state index in [4.69, 9.17) is 14.2 Å². The normalized spacial score (nSPS) is 30.9. The number of rotatable bonds is 3. The van der Waals surface area contributed by atoms with Crippen molar-refractivity contribution in [2.75, 3.05) is 7.11 Å². The molecule has 1 aliphatic rings. The van der Waals surface area contributed by atoms with Crippen molar-refractivity contribution in [1.82, 2.24) is 0 Å². The predicted molar refractivity (Wildman–Crippen MR) is 70.7 cm³/mol. The number of hydrogen-bond acceptors (Lipinski definition) is 4. The van der Waals surface area contributed by atoms with Crippen molar-refractivity contribution in [1.29, 1.82) is 0 Å². The van der Waals surface area contributed by atoms with Crippen LogP contribution >= 0.6 is 0 Å². The van der Waals surface area contributed by atoms with Gasteiger partial charge in [-0.1, -0.05) is 30.3 Å². The molecular formula is C15H20O4. The van der Waals surface area contributed by atoms with Crippen molar-refractivity contribution in [3.8, 4) is 0 Å². The molecule has 1 aromatic rings. The molecule has 4 atom stereocenters. The first kappa shape index (κ1) is 14.0. The van der Waals surface area contributed by atoms with Crippen LogP contribution in [0.2, 0.25) is 0 Å². The third-order valence-electron chi connectivity index (χ3n) is 3.47. The van der Waals surface area contributed by atoms with Gasteiger partial charge in [-0.3, -0.25) is 4.79 Å². The fraction of sp³-hybridized carbons (Fsp3) is 0.533. The highest BCUT2D eigenvalue weighted by molar-refractivity contribution is 5.69. The van der Waals surface area contributed by atoms with Crippen LogP contribution in [0.3, 0.4) is 0 Å². The van der Waals surface area contributed by atoms with Gasteiger partial charge >= 0.3 is 5.97 Å². The summed E-state index contributed by atoms with van der Waals surface area (Å²) in [6, 6.07) is 9.84. The quantitative estimate of drug-likeness (QED) is 0.787. The third kappa shape index (κ3) is 3.33. The van der Waals surface area contributed by atoms with E-state index in [2.05, 4.69) is 0 Å². The Bertz CT molecular complexity index is 417. The van der Waals surface area contributed by atoms with Crippen molar-refractivity contribution in [2.45, 2.75) is 44.7 Å². The van der Waals surface area contributed by atoms with Crippen LogP contribution in [0.25, 0.3) is 0 Å². The topological polar surface area (TPSA) is 44.8 Å². The number of benzene rings is 1. The number of ether oxygens (including phenoxy) is 3. The lowest BCUT2D eigenvalue weighted by atomic mass is 9.99. The first-order chi connectivity index (χ1) is 9.11. The summed E-state index contributed by atoms with van der Waals surface area (Å²) in [7, 11) is 1.38. The van der Waals surface area contributed by atoms with Crippen LogP contribution in [0, 0.1) is 0 Å². The monoisotopic (exact) mass is 264 g/mol. The Morgan fingerprint density at radius 3 is 2.42 bits per heavy atom. The number of esters is 1. The van der Waals surface area contributed by atoms with Crippen LogP contribution in [0.5, 0.6) is 0 Å². The van der Waals surface area contributed by atoms with Gasteiger partial charge in [0.15, 0.2) is 0 Å². The first-order valence-corrected chi connectivity index (χ1v) is 6.54. The molecule has 19 heavy (non-hydrogen) atoms. The number of carbonyl (C=O) groups excluding carboxylic acids is 1. The zero-order valence-electron chi connectivity index (χ0n) is 11.5. The molecule has 1 aliphatic heterocycles. The van der Waals surface area contributed by atoms with Crippen molar-refractivity contribution < 1.29 is 19.0 Å². The van der Waals surface area contributed by atoms with Gasteiger partial charge in [0.1, 0.15) is 6.10 Å². The van der Waals surface area contributed by atoms with E-state index in [9.17, 15) is 4.79 Å². The summed E-state index contributed by atoms with van der Waals surface area (Å²) >= 11 is 0. The van der Waals surface area contributed by atoms with Gasteiger partial charge in [0.25, 0.3) is 0 Å². The standard InChI is InChI=1S/C15H20O4/c1-10-11(2)19-15(12-7-5-4-6-8-12)13(18-10)9-14(16)17-3/h4-8,10-11,13,15H,9H2,1-3H3/t10-,11-,13-,15-/m1/s1. The van der Waals surface area contributed by atoms with E-state index < -0.39 is 0 Å². The van der Waals surface area contributed by atoms with Gasteiger partial charge in [-0.2, -0.15) is 0 Å². The SMILES string of the molecule is COC(=O)C[C@H]1O[C@H](C)[C@@H](C)O[C@@H]1c1ccccc1. The van der Waals surface area contributed by atoms with Crippen molar-refractivity contribution >= 4 is 5.97 Å². The van der Waals surface area contributed by atoms with Crippen LogP contribution in [-0.4, -0.2) is 31.4 Å². The predicted octanol–water partition coefficient (Wildman–Crippen LogP) is 2.48. The minimum Gasteiger partial charge on any atom is -0.469 e. The third-order valence-corrected chi connectivity index (χ3v) is 3.47. The molecule has 0 radical (unpaired) electrons. The molecule has 104 valence electrons. The Labute approximate surface area is 113 Å². The summed E-state index contributed by atoms with van der Waals surface area (Å²) in [5.41, 5.74) is 1.02. The molecule has 0 bridgehead atoms. The average molecular weight is 264 g/mol. The van der Waals surface area contributed by atoms with Crippen LogP contribution in [0.1, 0.15) is 31.9 Å². The second-order valence-corrected chi connectivity index (χ2v) is 4.83. The Kier molecular flexibility index (Phi) is 4.56. The summed E-state index contributed by atoms with van der Waals surface area (Å²) in [6.45, 7) is 3.94. The molecule has 1 fully saturated rings. The maximum atomic E-state index is 11.5. The Morgan fingerprint density at radius 1 is 1.16 bits per heavy atom. The molecule has 0 saturated carbocycles. The second kappa shape index (κ2) is 6.17. The largest absolute Gasteiger partial charge is 0.469 e. The summed E-state index contributed by atoms with van der Waals surface area (Å²) in [5, 5.41) is 0. The molecule has 0 unspecified atom stereocenters. The zero-order valence-corrected chi connectivity index (χ0v) is 11.5. The van der Waals surface area contributed by atoms with E-state index in [1.165, 1.54) is 7.11 Å². The van der Waals surface area contributed by atoms with Gasteiger partial charge in [0, 0.05) is 0 Å². The van der Waals surface area contributed by atoms with E-state index in [1.54, 1.807) is 0 Å². The van der Waals surface area contributed by atoms with Gasteiger partial charge in [-0.25, -0.2) is 0 Å².